The number of fused-ring (bicyclic) bond motifs is 1. The molecule has 4 aromatic rings. The second-order valence-corrected chi connectivity index (χ2v) is 10.1. The van der Waals surface area contributed by atoms with Crippen molar-refractivity contribution in [3.05, 3.63) is 119 Å². The first-order valence-corrected chi connectivity index (χ1v) is 11.8. The number of hydrogen-bond acceptors (Lipinski definition) is 3. The molecule has 1 heterocycles. The molecule has 0 fully saturated rings. The van der Waals surface area contributed by atoms with Crippen LogP contribution in [0, 0.1) is 0 Å². The Balaban J connectivity index is 1.68. The summed E-state index contributed by atoms with van der Waals surface area (Å²) >= 11 is 0. The van der Waals surface area contributed by atoms with Crippen LogP contribution in [0.1, 0.15) is 44.9 Å². The lowest BCUT2D eigenvalue weighted by Crippen LogP contribution is -2.38. The van der Waals surface area contributed by atoms with Crippen LogP contribution in [0.15, 0.2) is 108 Å². The van der Waals surface area contributed by atoms with Gasteiger partial charge in [-0.15, -0.1) is 0 Å². The first kappa shape index (κ1) is 22.3. The van der Waals surface area contributed by atoms with Crippen molar-refractivity contribution < 1.29 is 5.11 Å². The third kappa shape index (κ3) is 3.78. The highest BCUT2D eigenvalue weighted by atomic mass is 16.3. The second-order valence-electron chi connectivity index (χ2n) is 10.1. The molecule has 1 N–H and O–H groups in total. The highest BCUT2D eigenvalue weighted by Gasteiger charge is 2.40. The zero-order valence-corrected chi connectivity index (χ0v) is 20.2. The van der Waals surface area contributed by atoms with E-state index in [2.05, 4.69) is 88.4 Å². The van der Waals surface area contributed by atoms with E-state index in [-0.39, 0.29) is 10.8 Å². The van der Waals surface area contributed by atoms with Crippen LogP contribution in [0.2, 0.25) is 0 Å². The summed E-state index contributed by atoms with van der Waals surface area (Å²) in [7, 11) is 0. The fourth-order valence-electron chi connectivity index (χ4n) is 4.94. The summed E-state index contributed by atoms with van der Waals surface area (Å²) < 4.78 is 0. The molecular formula is C30H31N3O. The van der Waals surface area contributed by atoms with Crippen molar-refractivity contribution >= 4 is 11.0 Å². The van der Waals surface area contributed by atoms with Gasteiger partial charge < -0.3 is 5.11 Å². The summed E-state index contributed by atoms with van der Waals surface area (Å²) in [6.07, 6.45) is 3.58. The van der Waals surface area contributed by atoms with Gasteiger partial charge in [-0.1, -0.05) is 113 Å². The maximum Gasteiger partial charge on any atom is 0.120 e. The quantitative estimate of drug-likeness (QED) is 0.397. The summed E-state index contributed by atoms with van der Waals surface area (Å²) in [5, 5.41) is 21.2. The Morgan fingerprint density at radius 2 is 1.15 bits per heavy atom. The molecule has 5 rings (SSSR count). The van der Waals surface area contributed by atoms with Crippen molar-refractivity contribution in [2.24, 2.45) is 0 Å². The molecule has 2 unspecified atom stereocenters. The number of nitrogens with zero attached hydrogens (tertiary/aromatic N) is 3. The molecule has 2 atom stereocenters. The van der Waals surface area contributed by atoms with E-state index in [0.29, 0.717) is 0 Å². The lowest BCUT2D eigenvalue weighted by Gasteiger charge is -2.40. The summed E-state index contributed by atoms with van der Waals surface area (Å²) in [5.41, 5.74) is 5.51. The van der Waals surface area contributed by atoms with Gasteiger partial charge in [0.1, 0.15) is 23.2 Å². The van der Waals surface area contributed by atoms with E-state index >= 15 is 0 Å². The van der Waals surface area contributed by atoms with Crippen LogP contribution in [-0.4, -0.2) is 26.2 Å². The molecule has 0 aliphatic heterocycles. The summed E-state index contributed by atoms with van der Waals surface area (Å²) in [4.78, 5) is 1.68. The average molecular weight is 450 g/mol. The maximum absolute atomic E-state index is 11.7. The fraction of sp³-hybridized carbons (Fsp3) is 0.267. The smallest absolute Gasteiger partial charge is 0.120 e. The molecule has 0 radical (unpaired) electrons. The van der Waals surface area contributed by atoms with E-state index in [1.165, 1.54) is 5.56 Å². The molecule has 1 aromatic heterocycles. The molecule has 34 heavy (non-hydrogen) atoms. The molecule has 4 nitrogen and oxygen atoms in total. The molecule has 1 aliphatic carbocycles. The zero-order chi connectivity index (χ0) is 23.9. The van der Waals surface area contributed by atoms with Crippen molar-refractivity contribution in [1.82, 2.24) is 15.0 Å². The number of aliphatic hydroxyl groups is 1. The van der Waals surface area contributed by atoms with Crippen molar-refractivity contribution in [3.63, 3.8) is 0 Å². The normalized spacial score (nSPS) is 19.1. The van der Waals surface area contributed by atoms with Crippen LogP contribution < -0.4 is 0 Å². The standard InChI is InChI=1S/C30H31N3O/c1-29(2,21-13-7-5-8-14-21)23-19-24(30(3,4)22-15-9-6-10-16-22)28(34)27(20-23)33-31-25-17-11-12-18-26(25)32-33/h5-20,27-28,34H,1-4H3. The summed E-state index contributed by atoms with van der Waals surface area (Å²) in [6, 6.07) is 28.3. The number of rotatable bonds is 5. The lowest BCUT2D eigenvalue weighted by atomic mass is 9.67. The van der Waals surface area contributed by atoms with Gasteiger partial charge >= 0.3 is 0 Å². The van der Waals surface area contributed by atoms with Crippen LogP contribution >= 0.6 is 0 Å². The Bertz CT molecular complexity index is 1330. The Hall–Kier alpha value is -3.50. The van der Waals surface area contributed by atoms with Gasteiger partial charge in [0.25, 0.3) is 0 Å². The van der Waals surface area contributed by atoms with Crippen molar-refractivity contribution in [3.8, 4) is 0 Å². The third-order valence-corrected chi connectivity index (χ3v) is 7.31. The van der Waals surface area contributed by atoms with E-state index < -0.39 is 12.1 Å². The first-order chi connectivity index (χ1) is 16.3. The molecule has 3 aromatic carbocycles. The largest absolute Gasteiger partial charge is 0.386 e. The van der Waals surface area contributed by atoms with Gasteiger partial charge in [-0.25, -0.2) is 0 Å². The molecule has 0 saturated carbocycles. The predicted octanol–water partition coefficient (Wildman–Crippen LogP) is 6.16. The van der Waals surface area contributed by atoms with Crippen molar-refractivity contribution in [2.45, 2.75) is 50.7 Å². The van der Waals surface area contributed by atoms with E-state index in [1.807, 2.05) is 36.4 Å². The van der Waals surface area contributed by atoms with Gasteiger partial charge in [-0.05, 0) is 34.4 Å². The van der Waals surface area contributed by atoms with Gasteiger partial charge in [0.15, 0.2) is 0 Å². The topological polar surface area (TPSA) is 50.9 Å². The minimum atomic E-state index is -0.757. The SMILES string of the molecule is CC(C)(C1=CC(n2nc3ccccc3n2)C(O)C(C(C)(C)c2ccccc2)=C1)c1ccccc1. The Labute approximate surface area is 201 Å². The molecule has 0 amide bonds. The molecule has 4 heteroatoms. The van der Waals surface area contributed by atoms with Gasteiger partial charge in [-0.2, -0.15) is 15.0 Å². The highest BCUT2D eigenvalue weighted by Crippen LogP contribution is 2.44. The average Bonchev–Trinajstić information content (AvgIpc) is 3.29. The van der Waals surface area contributed by atoms with E-state index in [0.717, 1.165) is 27.7 Å². The maximum atomic E-state index is 11.7. The first-order valence-electron chi connectivity index (χ1n) is 11.8. The predicted molar refractivity (Wildman–Crippen MR) is 138 cm³/mol. The molecule has 0 spiro atoms. The number of hydrogen-bond donors (Lipinski definition) is 1. The van der Waals surface area contributed by atoms with Gasteiger partial charge in [0.05, 0.1) is 0 Å². The van der Waals surface area contributed by atoms with Gasteiger partial charge in [-0.3, -0.25) is 0 Å². The fourth-order valence-corrected chi connectivity index (χ4v) is 4.94. The minimum Gasteiger partial charge on any atom is -0.386 e. The summed E-state index contributed by atoms with van der Waals surface area (Å²) in [5.74, 6) is 0. The van der Waals surface area contributed by atoms with Crippen LogP contribution in [0.4, 0.5) is 0 Å². The monoisotopic (exact) mass is 449 g/mol. The van der Waals surface area contributed by atoms with Gasteiger partial charge in [0.2, 0.25) is 0 Å². The minimum absolute atomic E-state index is 0.260. The molecule has 172 valence electrons. The zero-order valence-electron chi connectivity index (χ0n) is 20.2. The van der Waals surface area contributed by atoms with Crippen LogP contribution in [0.25, 0.3) is 11.0 Å². The number of aromatic nitrogens is 3. The Kier molecular flexibility index (Phi) is 5.49. The van der Waals surface area contributed by atoms with Crippen LogP contribution in [-0.2, 0) is 10.8 Å². The van der Waals surface area contributed by atoms with E-state index in [4.69, 9.17) is 10.2 Å². The van der Waals surface area contributed by atoms with Gasteiger partial charge in [0, 0.05) is 10.8 Å². The van der Waals surface area contributed by atoms with Crippen LogP contribution in [0.5, 0.6) is 0 Å². The number of aliphatic hydroxyl groups excluding tert-OH is 1. The lowest BCUT2D eigenvalue weighted by molar-refractivity contribution is 0.137. The van der Waals surface area contributed by atoms with Crippen LogP contribution in [0.3, 0.4) is 0 Å². The highest BCUT2D eigenvalue weighted by molar-refractivity contribution is 5.73. The third-order valence-electron chi connectivity index (χ3n) is 7.31. The Morgan fingerprint density at radius 1 is 0.676 bits per heavy atom. The summed E-state index contributed by atoms with van der Waals surface area (Å²) in [6.45, 7) is 8.83. The van der Waals surface area contributed by atoms with Crippen molar-refractivity contribution in [1.29, 1.82) is 0 Å². The second kappa shape index (κ2) is 8.37. The molecule has 0 bridgehead atoms. The molecular weight excluding hydrogens is 418 g/mol. The molecule has 1 aliphatic rings. The number of benzene rings is 3. The van der Waals surface area contributed by atoms with Crippen molar-refractivity contribution in [2.75, 3.05) is 0 Å². The molecule has 0 saturated heterocycles. The Morgan fingerprint density at radius 3 is 1.68 bits per heavy atom. The number of allylic oxidation sites excluding steroid dienone is 2. The van der Waals surface area contributed by atoms with E-state index in [9.17, 15) is 5.11 Å². The van der Waals surface area contributed by atoms with E-state index in [1.54, 1.807) is 4.80 Å².